The molecule has 18 heavy (non-hydrogen) atoms. The van der Waals surface area contributed by atoms with E-state index in [1.165, 1.54) is 0 Å². The highest BCUT2D eigenvalue weighted by Gasteiger charge is 2.10. The van der Waals surface area contributed by atoms with Crippen LogP contribution in [0.25, 0.3) is 0 Å². The first kappa shape index (κ1) is 13.0. The quantitative estimate of drug-likeness (QED) is 0.888. The van der Waals surface area contributed by atoms with Gasteiger partial charge in [-0.05, 0) is 13.8 Å². The molecular weight excluding hydrogens is 252 g/mol. The Kier molecular flexibility index (Phi) is 3.98. The van der Waals surface area contributed by atoms with Crippen LogP contribution in [0.4, 0.5) is 0 Å². The van der Waals surface area contributed by atoms with E-state index in [2.05, 4.69) is 27.5 Å². The van der Waals surface area contributed by atoms with Crippen molar-refractivity contribution in [2.24, 2.45) is 7.05 Å². The van der Waals surface area contributed by atoms with Gasteiger partial charge in [-0.25, -0.2) is 0 Å². The summed E-state index contributed by atoms with van der Waals surface area (Å²) < 4.78 is 3.80. The summed E-state index contributed by atoms with van der Waals surface area (Å²) in [6, 6.07) is 0. The van der Waals surface area contributed by atoms with Gasteiger partial charge in [0.1, 0.15) is 12.2 Å². The van der Waals surface area contributed by atoms with Crippen LogP contribution in [0.2, 0.25) is 5.02 Å². The smallest absolute Gasteiger partial charge is 0.146 e. The maximum Gasteiger partial charge on any atom is 0.146 e. The first-order valence-electron chi connectivity index (χ1n) is 5.88. The predicted octanol–water partition coefficient (Wildman–Crippen LogP) is 1.28. The van der Waals surface area contributed by atoms with Gasteiger partial charge in [-0.1, -0.05) is 11.6 Å². The zero-order valence-electron chi connectivity index (χ0n) is 10.8. The number of hydrogen-bond donors (Lipinski definition) is 1. The SMILES string of the molecule is CCn1cnnc1CNCc1c(Cl)c(C)nn1C. The molecular formula is C11H17ClN6. The molecule has 0 spiro atoms. The monoisotopic (exact) mass is 268 g/mol. The molecule has 0 aliphatic rings. The third kappa shape index (κ3) is 2.54. The minimum absolute atomic E-state index is 0.659. The standard InChI is InChI=1S/C11H17ClN6/c1-4-18-7-14-15-10(18)6-13-5-9-11(12)8(2)16-17(9)3/h7,13H,4-6H2,1-3H3. The highest BCUT2D eigenvalue weighted by Crippen LogP contribution is 2.18. The van der Waals surface area contributed by atoms with Gasteiger partial charge in [0.25, 0.3) is 0 Å². The average molecular weight is 269 g/mol. The fourth-order valence-electron chi connectivity index (χ4n) is 1.84. The summed E-state index contributed by atoms with van der Waals surface area (Å²) in [5, 5.41) is 16.3. The van der Waals surface area contributed by atoms with Crippen LogP contribution in [0.15, 0.2) is 6.33 Å². The highest BCUT2D eigenvalue weighted by atomic mass is 35.5. The van der Waals surface area contributed by atoms with Gasteiger partial charge < -0.3 is 9.88 Å². The summed E-state index contributed by atoms with van der Waals surface area (Å²) in [4.78, 5) is 0. The summed E-state index contributed by atoms with van der Waals surface area (Å²) in [5.41, 5.74) is 1.84. The van der Waals surface area contributed by atoms with Crippen molar-refractivity contribution in [2.45, 2.75) is 33.5 Å². The molecule has 0 radical (unpaired) electrons. The van der Waals surface area contributed by atoms with E-state index in [0.29, 0.717) is 13.1 Å². The van der Waals surface area contributed by atoms with Crippen molar-refractivity contribution in [1.29, 1.82) is 0 Å². The molecule has 0 fully saturated rings. The molecule has 0 atom stereocenters. The van der Waals surface area contributed by atoms with E-state index < -0.39 is 0 Å². The second-order valence-electron chi connectivity index (χ2n) is 4.11. The molecule has 2 heterocycles. The average Bonchev–Trinajstić information content (AvgIpc) is 2.89. The van der Waals surface area contributed by atoms with Crippen molar-refractivity contribution in [2.75, 3.05) is 0 Å². The Labute approximate surface area is 111 Å². The number of halogens is 1. The van der Waals surface area contributed by atoms with Crippen molar-refractivity contribution < 1.29 is 0 Å². The van der Waals surface area contributed by atoms with Gasteiger partial charge in [0.15, 0.2) is 0 Å². The topological polar surface area (TPSA) is 60.6 Å². The lowest BCUT2D eigenvalue weighted by Gasteiger charge is -2.06. The molecule has 2 aromatic heterocycles. The van der Waals surface area contributed by atoms with Gasteiger partial charge in [-0.15, -0.1) is 10.2 Å². The first-order chi connectivity index (χ1) is 8.63. The van der Waals surface area contributed by atoms with Crippen molar-refractivity contribution in [3.05, 3.63) is 28.6 Å². The second-order valence-corrected chi connectivity index (χ2v) is 4.48. The molecule has 2 rings (SSSR count). The van der Waals surface area contributed by atoms with E-state index in [4.69, 9.17) is 11.6 Å². The molecule has 0 saturated heterocycles. The summed E-state index contributed by atoms with van der Waals surface area (Å²) in [5.74, 6) is 0.924. The number of nitrogens with one attached hydrogen (secondary N) is 1. The van der Waals surface area contributed by atoms with Crippen molar-refractivity contribution >= 4 is 11.6 Å². The Hall–Kier alpha value is -1.40. The van der Waals surface area contributed by atoms with Crippen LogP contribution in [0.3, 0.4) is 0 Å². The van der Waals surface area contributed by atoms with E-state index in [1.807, 2.05) is 18.5 Å². The second kappa shape index (κ2) is 5.49. The Morgan fingerprint density at radius 2 is 2.17 bits per heavy atom. The van der Waals surface area contributed by atoms with Crippen LogP contribution in [0, 0.1) is 6.92 Å². The Morgan fingerprint density at radius 1 is 1.39 bits per heavy atom. The van der Waals surface area contributed by atoms with Gasteiger partial charge in [-0.3, -0.25) is 4.68 Å². The normalized spacial score (nSPS) is 11.1. The van der Waals surface area contributed by atoms with E-state index in [0.717, 1.165) is 28.8 Å². The molecule has 1 N–H and O–H groups in total. The lowest BCUT2D eigenvalue weighted by Crippen LogP contribution is -2.18. The van der Waals surface area contributed by atoms with Gasteiger partial charge in [0, 0.05) is 20.1 Å². The number of hydrogen-bond acceptors (Lipinski definition) is 4. The molecule has 0 unspecified atom stereocenters. The third-order valence-electron chi connectivity index (χ3n) is 2.87. The minimum Gasteiger partial charge on any atom is -0.317 e. The van der Waals surface area contributed by atoms with Gasteiger partial charge in [0.2, 0.25) is 0 Å². The van der Waals surface area contributed by atoms with Gasteiger partial charge >= 0.3 is 0 Å². The molecule has 6 nitrogen and oxygen atoms in total. The molecule has 0 aromatic carbocycles. The number of nitrogens with zero attached hydrogens (tertiary/aromatic N) is 5. The van der Waals surface area contributed by atoms with E-state index in [-0.39, 0.29) is 0 Å². The fourth-order valence-corrected chi connectivity index (χ4v) is 2.07. The van der Waals surface area contributed by atoms with Crippen LogP contribution in [-0.4, -0.2) is 24.5 Å². The highest BCUT2D eigenvalue weighted by molar-refractivity contribution is 6.31. The van der Waals surface area contributed by atoms with E-state index in [9.17, 15) is 0 Å². The van der Waals surface area contributed by atoms with Crippen molar-refractivity contribution in [1.82, 2.24) is 29.9 Å². The zero-order chi connectivity index (χ0) is 13.1. The Balaban J connectivity index is 1.96. The molecule has 98 valence electrons. The molecule has 0 aliphatic heterocycles. The molecule has 0 amide bonds. The maximum absolute atomic E-state index is 6.18. The fraction of sp³-hybridized carbons (Fsp3) is 0.545. The number of aryl methyl sites for hydroxylation is 3. The van der Waals surface area contributed by atoms with E-state index >= 15 is 0 Å². The minimum atomic E-state index is 0.659. The number of rotatable bonds is 5. The third-order valence-corrected chi connectivity index (χ3v) is 3.37. The van der Waals surface area contributed by atoms with Gasteiger partial charge in [0.05, 0.1) is 23.0 Å². The molecule has 7 heteroatoms. The Bertz CT molecular complexity index is 530. The van der Waals surface area contributed by atoms with Gasteiger partial charge in [-0.2, -0.15) is 5.10 Å². The molecule has 0 aliphatic carbocycles. The molecule has 0 bridgehead atoms. The molecule has 2 aromatic rings. The van der Waals surface area contributed by atoms with Crippen molar-refractivity contribution in [3.8, 4) is 0 Å². The zero-order valence-corrected chi connectivity index (χ0v) is 11.6. The largest absolute Gasteiger partial charge is 0.317 e. The predicted molar refractivity (Wildman–Crippen MR) is 69.2 cm³/mol. The summed E-state index contributed by atoms with van der Waals surface area (Å²) in [6.07, 6.45) is 1.73. The van der Waals surface area contributed by atoms with E-state index in [1.54, 1.807) is 11.0 Å². The maximum atomic E-state index is 6.18. The Morgan fingerprint density at radius 3 is 2.78 bits per heavy atom. The lowest BCUT2D eigenvalue weighted by molar-refractivity contribution is 0.585. The van der Waals surface area contributed by atoms with Crippen LogP contribution in [-0.2, 0) is 26.7 Å². The van der Waals surface area contributed by atoms with Crippen LogP contribution in [0.1, 0.15) is 24.1 Å². The summed E-state index contributed by atoms with van der Waals surface area (Å²) in [7, 11) is 1.89. The number of aromatic nitrogens is 5. The van der Waals surface area contributed by atoms with Crippen molar-refractivity contribution in [3.63, 3.8) is 0 Å². The lowest BCUT2D eigenvalue weighted by atomic mass is 10.3. The molecule has 0 saturated carbocycles. The van der Waals surface area contributed by atoms with Crippen LogP contribution >= 0.6 is 11.6 Å². The van der Waals surface area contributed by atoms with Crippen LogP contribution in [0.5, 0.6) is 0 Å². The van der Waals surface area contributed by atoms with Crippen LogP contribution < -0.4 is 5.32 Å². The first-order valence-corrected chi connectivity index (χ1v) is 6.26. The summed E-state index contributed by atoms with van der Waals surface area (Å²) in [6.45, 7) is 6.16. The summed E-state index contributed by atoms with van der Waals surface area (Å²) >= 11 is 6.18.